The lowest BCUT2D eigenvalue weighted by Gasteiger charge is -2.35. The fourth-order valence-corrected chi connectivity index (χ4v) is 3.67. The fourth-order valence-electron chi connectivity index (χ4n) is 3.67. The van der Waals surface area contributed by atoms with Crippen molar-refractivity contribution >= 4 is 17.7 Å². The number of fused-ring (bicyclic) bond motifs is 1. The summed E-state index contributed by atoms with van der Waals surface area (Å²) in [6.45, 7) is 0.372. The van der Waals surface area contributed by atoms with E-state index in [9.17, 15) is 14.0 Å². The standard InChI is InChI=1S/C22H21FN4O4/c1-30-15-7-8-16(17(23)11-15)20-19-18(24-12-25-19)9-10-27(20)22(29)26-14-5-3-13(4-6-14)21(28)31-2/h3-8,11-12,20H,9-10H2,1-2H3,(H,24,25)(H,26,29)/t20-/m1/s1. The number of urea groups is 1. The SMILES string of the molecule is COC(=O)c1ccc(NC(=O)N2CCc3[nH]cnc3[C@H]2c2ccc(OC)cc2F)cc1. The summed E-state index contributed by atoms with van der Waals surface area (Å²) in [5.74, 6) is -0.559. The van der Waals surface area contributed by atoms with Gasteiger partial charge in [0.1, 0.15) is 17.6 Å². The number of ether oxygens (including phenoxy) is 2. The maximum absolute atomic E-state index is 14.9. The van der Waals surface area contributed by atoms with Gasteiger partial charge in [0.15, 0.2) is 0 Å². The zero-order valence-corrected chi connectivity index (χ0v) is 17.0. The number of imidazole rings is 1. The molecule has 1 aliphatic heterocycles. The number of hydrogen-bond donors (Lipinski definition) is 2. The normalized spacial score (nSPS) is 15.2. The van der Waals surface area contributed by atoms with E-state index < -0.39 is 23.9 Å². The van der Waals surface area contributed by atoms with Crippen LogP contribution in [0.15, 0.2) is 48.8 Å². The van der Waals surface area contributed by atoms with Crippen molar-refractivity contribution in [1.29, 1.82) is 0 Å². The molecule has 8 nitrogen and oxygen atoms in total. The van der Waals surface area contributed by atoms with Gasteiger partial charge in [0.2, 0.25) is 0 Å². The topological polar surface area (TPSA) is 96.6 Å². The predicted octanol–water partition coefficient (Wildman–Crippen LogP) is 3.52. The molecule has 0 spiro atoms. The van der Waals surface area contributed by atoms with Gasteiger partial charge in [0, 0.05) is 36.0 Å². The number of esters is 1. The van der Waals surface area contributed by atoms with Crippen molar-refractivity contribution in [1.82, 2.24) is 14.9 Å². The van der Waals surface area contributed by atoms with Gasteiger partial charge in [0.05, 0.1) is 31.8 Å². The monoisotopic (exact) mass is 424 g/mol. The molecule has 0 aliphatic carbocycles. The van der Waals surface area contributed by atoms with Crippen molar-refractivity contribution in [2.75, 3.05) is 26.1 Å². The molecule has 0 bridgehead atoms. The zero-order chi connectivity index (χ0) is 22.0. The predicted molar refractivity (Wildman–Crippen MR) is 111 cm³/mol. The second-order valence-corrected chi connectivity index (χ2v) is 7.00. The van der Waals surface area contributed by atoms with Crippen molar-refractivity contribution in [3.63, 3.8) is 0 Å². The van der Waals surface area contributed by atoms with Gasteiger partial charge in [-0.1, -0.05) is 0 Å². The van der Waals surface area contributed by atoms with Gasteiger partial charge in [0.25, 0.3) is 0 Å². The second-order valence-electron chi connectivity index (χ2n) is 7.00. The Morgan fingerprint density at radius 3 is 2.65 bits per heavy atom. The van der Waals surface area contributed by atoms with E-state index in [0.717, 1.165) is 5.69 Å². The molecule has 2 N–H and O–H groups in total. The quantitative estimate of drug-likeness (QED) is 0.625. The van der Waals surface area contributed by atoms with Crippen LogP contribution in [0, 0.1) is 5.82 Å². The van der Waals surface area contributed by atoms with E-state index in [2.05, 4.69) is 20.0 Å². The molecular weight excluding hydrogens is 403 g/mol. The van der Waals surface area contributed by atoms with Crippen LogP contribution < -0.4 is 10.1 Å². The minimum Gasteiger partial charge on any atom is -0.497 e. The molecular formula is C22H21FN4O4. The summed E-state index contributed by atoms with van der Waals surface area (Å²) in [6.07, 6.45) is 2.12. The van der Waals surface area contributed by atoms with Crippen molar-refractivity contribution in [2.45, 2.75) is 12.5 Å². The molecule has 1 aromatic heterocycles. The number of benzene rings is 2. The number of nitrogens with zero attached hydrogens (tertiary/aromatic N) is 2. The van der Waals surface area contributed by atoms with E-state index in [1.54, 1.807) is 47.6 Å². The first kappa shape index (κ1) is 20.4. The second kappa shape index (κ2) is 8.47. The number of carbonyl (C=O) groups excluding carboxylic acids is 2. The van der Waals surface area contributed by atoms with Crippen molar-refractivity contribution in [3.8, 4) is 5.75 Å². The summed E-state index contributed by atoms with van der Waals surface area (Å²) in [7, 11) is 2.77. The number of aromatic amines is 1. The summed E-state index contributed by atoms with van der Waals surface area (Å²) < 4.78 is 24.7. The summed E-state index contributed by atoms with van der Waals surface area (Å²) in [4.78, 5) is 33.7. The Hall–Kier alpha value is -3.88. The lowest BCUT2D eigenvalue weighted by atomic mass is 9.95. The van der Waals surface area contributed by atoms with Gasteiger partial charge in [-0.15, -0.1) is 0 Å². The zero-order valence-electron chi connectivity index (χ0n) is 17.0. The van der Waals surface area contributed by atoms with Crippen LogP contribution in [0.2, 0.25) is 0 Å². The molecule has 0 unspecified atom stereocenters. The van der Waals surface area contributed by atoms with E-state index in [0.29, 0.717) is 41.2 Å². The van der Waals surface area contributed by atoms with E-state index in [1.165, 1.54) is 20.3 Å². The van der Waals surface area contributed by atoms with E-state index >= 15 is 0 Å². The number of carbonyl (C=O) groups is 2. The van der Waals surface area contributed by atoms with E-state index in [4.69, 9.17) is 4.74 Å². The molecule has 0 saturated heterocycles. The highest BCUT2D eigenvalue weighted by molar-refractivity contribution is 5.92. The highest BCUT2D eigenvalue weighted by atomic mass is 19.1. The number of anilines is 1. The van der Waals surface area contributed by atoms with Gasteiger partial charge in [-0.25, -0.2) is 19.0 Å². The number of hydrogen-bond acceptors (Lipinski definition) is 5. The summed E-state index contributed by atoms with van der Waals surface area (Å²) in [6, 6.07) is 9.78. The molecule has 0 saturated carbocycles. The number of aromatic nitrogens is 2. The maximum atomic E-state index is 14.9. The molecule has 9 heteroatoms. The summed E-state index contributed by atoms with van der Waals surface area (Å²) in [5.41, 5.74) is 2.67. The third-order valence-electron chi connectivity index (χ3n) is 5.25. The molecule has 31 heavy (non-hydrogen) atoms. The minimum atomic E-state index is -0.699. The van der Waals surface area contributed by atoms with Crippen LogP contribution in [-0.2, 0) is 11.2 Å². The average molecular weight is 424 g/mol. The lowest BCUT2D eigenvalue weighted by Crippen LogP contribution is -2.43. The number of nitrogens with one attached hydrogen (secondary N) is 2. The van der Waals surface area contributed by atoms with Gasteiger partial charge in [-0.3, -0.25) is 0 Å². The van der Waals surface area contributed by atoms with E-state index in [-0.39, 0.29) is 0 Å². The molecule has 3 aromatic rings. The van der Waals surface area contributed by atoms with Gasteiger partial charge < -0.3 is 24.7 Å². The highest BCUT2D eigenvalue weighted by Gasteiger charge is 2.35. The molecule has 4 rings (SSSR count). The van der Waals surface area contributed by atoms with Crippen LogP contribution in [0.4, 0.5) is 14.9 Å². The lowest BCUT2D eigenvalue weighted by molar-refractivity contribution is 0.0600. The molecule has 160 valence electrons. The maximum Gasteiger partial charge on any atom is 0.337 e. The van der Waals surface area contributed by atoms with Crippen LogP contribution >= 0.6 is 0 Å². The van der Waals surface area contributed by atoms with Crippen molar-refractivity contribution in [3.05, 3.63) is 77.1 Å². The van der Waals surface area contributed by atoms with Crippen LogP contribution in [0.3, 0.4) is 0 Å². The number of amides is 2. The third-order valence-corrected chi connectivity index (χ3v) is 5.25. The van der Waals surface area contributed by atoms with Gasteiger partial charge in [-0.05, 0) is 36.4 Å². The molecule has 2 amide bonds. The first-order valence-corrected chi connectivity index (χ1v) is 9.63. The fraction of sp³-hybridized carbons (Fsp3) is 0.227. The minimum absolute atomic E-state index is 0.324. The highest BCUT2D eigenvalue weighted by Crippen LogP contribution is 2.36. The summed E-state index contributed by atoms with van der Waals surface area (Å²) >= 11 is 0. The molecule has 0 radical (unpaired) electrons. The Balaban J connectivity index is 1.63. The number of rotatable bonds is 4. The average Bonchev–Trinajstić information content (AvgIpc) is 3.27. The Bertz CT molecular complexity index is 1110. The van der Waals surface area contributed by atoms with Gasteiger partial charge >= 0.3 is 12.0 Å². The number of H-pyrrole nitrogens is 1. The molecule has 1 aliphatic rings. The Kier molecular flexibility index (Phi) is 5.57. The smallest absolute Gasteiger partial charge is 0.337 e. The molecule has 1 atom stereocenters. The third kappa shape index (κ3) is 3.94. The molecule has 2 heterocycles. The van der Waals surface area contributed by atoms with E-state index in [1.807, 2.05) is 0 Å². The van der Waals surface area contributed by atoms with Crippen molar-refractivity contribution in [2.24, 2.45) is 0 Å². The van der Waals surface area contributed by atoms with Crippen molar-refractivity contribution < 1.29 is 23.5 Å². The largest absolute Gasteiger partial charge is 0.497 e. The molecule has 0 fully saturated rings. The van der Waals surface area contributed by atoms with Crippen LogP contribution in [0.1, 0.15) is 33.4 Å². The Morgan fingerprint density at radius 2 is 1.97 bits per heavy atom. The number of methoxy groups -OCH3 is 2. The Morgan fingerprint density at radius 1 is 1.19 bits per heavy atom. The van der Waals surface area contributed by atoms with Crippen LogP contribution in [0.5, 0.6) is 5.75 Å². The Labute approximate surface area is 178 Å². The first-order valence-electron chi connectivity index (χ1n) is 9.63. The van der Waals surface area contributed by atoms with Crippen LogP contribution in [0.25, 0.3) is 0 Å². The van der Waals surface area contributed by atoms with Crippen LogP contribution in [-0.4, -0.2) is 47.6 Å². The first-order chi connectivity index (χ1) is 15.0. The van der Waals surface area contributed by atoms with Gasteiger partial charge in [-0.2, -0.15) is 0 Å². The molecule has 2 aromatic carbocycles. The summed E-state index contributed by atoms with van der Waals surface area (Å²) in [5, 5.41) is 2.81. The number of halogens is 1.